The van der Waals surface area contributed by atoms with Gasteiger partial charge in [0.05, 0.1) is 10.8 Å². The van der Waals surface area contributed by atoms with E-state index in [0.29, 0.717) is 0 Å². The number of anilines is 2. The first-order valence-electron chi connectivity index (χ1n) is 27.5. The number of hydrogen-bond donors (Lipinski definition) is 0. The van der Waals surface area contributed by atoms with Crippen molar-refractivity contribution in [2.45, 2.75) is 29.6 Å². The molecule has 0 amide bonds. The second-order valence-electron chi connectivity index (χ2n) is 22.1. The molecule has 0 saturated carbocycles. The van der Waals surface area contributed by atoms with Crippen LogP contribution >= 0.6 is 0 Å². The first-order valence-corrected chi connectivity index (χ1v) is 27.5. The summed E-state index contributed by atoms with van der Waals surface area (Å²) in [6.45, 7) is 0. The summed E-state index contributed by atoms with van der Waals surface area (Å²) in [4.78, 5) is 2.27. The molecule has 0 aliphatic heterocycles. The Labute approximate surface area is 450 Å². The molecule has 1 heteroatoms. The summed E-state index contributed by atoms with van der Waals surface area (Å²) >= 11 is 0. The summed E-state index contributed by atoms with van der Waals surface area (Å²) in [5.74, 6) is 0.0842. The highest BCUT2D eigenvalue weighted by atomic mass is 15.1. The maximum atomic E-state index is 2.56. The van der Waals surface area contributed by atoms with E-state index in [1.807, 2.05) is 0 Å². The minimum atomic E-state index is -0.401. The maximum Gasteiger partial charge on any atom is 0.0725 e. The minimum Gasteiger partial charge on any atom is -0.345 e. The number of rotatable bonds is 5. The number of allylic oxidation sites excluding steroid dienone is 4. The van der Waals surface area contributed by atoms with Gasteiger partial charge in [-0.2, -0.15) is 0 Å². The van der Waals surface area contributed by atoms with Crippen LogP contribution in [0.1, 0.15) is 80.0 Å². The molecule has 0 saturated heterocycles. The van der Waals surface area contributed by atoms with Crippen molar-refractivity contribution in [3.63, 3.8) is 0 Å². The predicted molar refractivity (Wildman–Crippen MR) is 318 cm³/mol. The van der Waals surface area contributed by atoms with Crippen LogP contribution in [0.25, 0.3) is 72.3 Å². The van der Waals surface area contributed by atoms with E-state index in [-0.39, 0.29) is 11.3 Å². The van der Waals surface area contributed by atoms with Crippen molar-refractivity contribution >= 4 is 16.9 Å². The quantitative estimate of drug-likeness (QED) is 0.166. The Morgan fingerprint density at radius 3 is 1.27 bits per heavy atom. The highest BCUT2D eigenvalue weighted by Crippen LogP contribution is 2.65. The van der Waals surface area contributed by atoms with Crippen LogP contribution in [-0.2, 0) is 10.8 Å². The van der Waals surface area contributed by atoms with Crippen molar-refractivity contribution < 1.29 is 0 Å². The highest BCUT2D eigenvalue weighted by Gasteiger charge is 2.54. The topological polar surface area (TPSA) is 3.24 Å². The second kappa shape index (κ2) is 15.9. The zero-order chi connectivity index (χ0) is 50.6. The van der Waals surface area contributed by atoms with Crippen molar-refractivity contribution in [3.8, 4) is 66.8 Å². The Bertz CT molecular complexity index is 4350. The molecule has 0 fully saturated rings. The minimum absolute atomic E-state index is 0.0842. The molecule has 6 aliphatic rings. The van der Waals surface area contributed by atoms with Gasteiger partial charge in [0.25, 0.3) is 0 Å². The summed E-state index contributed by atoms with van der Waals surface area (Å²) in [6, 6.07) is 95.1. The molecule has 0 heterocycles. The smallest absolute Gasteiger partial charge is 0.0725 e. The average molecular weight is 978 g/mol. The summed E-state index contributed by atoms with van der Waals surface area (Å²) < 4.78 is 0. The van der Waals surface area contributed by atoms with E-state index in [9.17, 15) is 0 Å². The molecule has 11 aromatic rings. The van der Waals surface area contributed by atoms with Crippen LogP contribution in [0.2, 0.25) is 0 Å². The van der Waals surface area contributed by atoms with E-state index in [4.69, 9.17) is 0 Å². The molecule has 360 valence electrons. The van der Waals surface area contributed by atoms with Gasteiger partial charge in [-0.05, 0) is 200 Å². The lowest BCUT2D eigenvalue weighted by Crippen LogP contribution is -2.27. The average Bonchev–Trinajstić information content (AvgIpc) is 4.46. The first-order chi connectivity index (χ1) is 38.1. The Balaban J connectivity index is 0.837. The van der Waals surface area contributed by atoms with Gasteiger partial charge in [0.1, 0.15) is 0 Å². The van der Waals surface area contributed by atoms with Crippen molar-refractivity contribution in [2.75, 3.05) is 11.9 Å². The number of nitrogens with zero attached hydrogens (tertiary/aromatic N) is 1. The molecule has 2 unspecified atom stereocenters. The summed E-state index contributed by atoms with van der Waals surface area (Å²) in [7, 11) is 2.16. The molecule has 77 heavy (non-hydrogen) atoms. The van der Waals surface area contributed by atoms with Crippen molar-refractivity contribution in [2.24, 2.45) is 0 Å². The lowest BCUT2D eigenvalue weighted by atomic mass is 9.68. The number of hydrogen-bond acceptors (Lipinski definition) is 1. The molecule has 11 aromatic carbocycles. The summed E-state index contributed by atoms with van der Waals surface area (Å²) in [5, 5.41) is 0. The zero-order valence-corrected chi connectivity index (χ0v) is 42.8. The van der Waals surface area contributed by atoms with Crippen LogP contribution in [0, 0.1) is 0 Å². The van der Waals surface area contributed by atoms with E-state index in [1.165, 1.54) is 145 Å². The number of benzene rings is 11. The van der Waals surface area contributed by atoms with Crippen LogP contribution in [-0.4, -0.2) is 7.05 Å². The van der Waals surface area contributed by atoms with E-state index in [0.717, 1.165) is 12.8 Å². The second-order valence-corrected chi connectivity index (χ2v) is 22.1. The molecule has 0 bridgehead atoms. The van der Waals surface area contributed by atoms with Gasteiger partial charge >= 0.3 is 0 Å². The molecule has 1 nitrogen and oxygen atoms in total. The largest absolute Gasteiger partial charge is 0.345 e. The van der Waals surface area contributed by atoms with Gasteiger partial charge in [-0.25, -0.2) is 0 Å². The predicted octanol–water partition coefficient (Wildman–Crippen LogP) is 18.7. The third-order valence-corrected chi connectivity index (χ3v) is 18.7. The van der Waals surface area contributed by atoms with E-state index in [1.54, 1.807) is 5.57 Å². The highest BCUT2D eigenvalue weighted by molar-refractivity contribution is 5.99. The molecule has 0 radical (unpaired) electrons. The Hall–Kier alpha value is -9.30. The van der Waals surface area contributed by atoms with Gasteiger partial charge < -0.3 is 4.90 Å². The van der Waals surface area contributed by atoms with Gasteiger partial charge in [-0.3, -0.25) is 0 Å². The Morgan fingerprint density at radius 2 is 0.740 bits per heavy atom. The van der Waals surface area contributed by atoms with Gasteiger partial charge in [0.15, 0.2) is 0 Å². The van der Waals surface area contributed by atoms with E-state index >= 15 is 0 Å². The fourth-order valence-corrected chi connectivity index (χ4v) is 15.5. The number of para-hydroxylation sites is 1. The lowest BCUT2D eigenvalue weighted by molar-refractivity contribution is 0.714. The van der Waals surface area contributed by atoms with Crippen LogP contribution < -0.4 is 4.90 Å². The van der Waals surface area contributed by atoms with Crippen LogP contribution in [0.4, 0.5) is 11.4 Å². The van der Waals surface area contributed by atoms with Gasteiger partial charge in [-0.1, -0.05) is 212 Å². The zero-order valence-electron chi connectivity index (χ0n) is 42.8. The van der Waals surface area contributed by atoms with E-state index in [2.05, 4.69) is 273 Å². The molecule has 2 spiro atoms. The third kappa shape index (κ3) is 5.63. The monoisotopic (exact) mass is 977 g/mol. The molecule has 6 aliphatic carbocycles. The number of fused-ring (bicyclic) bond motifs is 22. The summed E-state index contributed by atoms with van der Waals surface area (Å²) in [5.41, 5.74) is 35.3. The van der Waals surface area contributed by atoms with Crippen LogP contribution in [0.5, 0.6) is 0 Å². The Morgan fingerprint density at radius 1 is 0.338 bits per heavy atom. The molecule has 0 aromatic heterocycles. The molecule has 2 atom stereocenters. The van der Waals surface area contributed by atoms with Gasteiger partial charge in [0, 0.05) is 24.3 Å². The third-order valence-electron chi connectivity index (χ3n) is 18.7. The normalized spacial score (nSPS) is 17.5. The van der Waals surface area contributed by atoms with Crippen molar-refractivity contribution in [1.82, 2.24) is 0 Å². The fourth-order valence-electron chi connectivity index (χ4n) is 15.5. The Kier molecular flexibility index (Phi) is 8.86. The fraction of sp³-hybridized carbons (Fsp3) is 0.0789. The SMILES string of the molecule is CN(c1ccccc1)c1ccc(C2c3ccc(-c4ccc5c(c4)C4(C6=C(C=CCC6)c6ccccc64)c4ccccc4-5)cc3-c3cc(-c4ccc5c(c4)C4(c6ccccc6-c6ccccc64)c4ccccc4-5)ccc32)cc1. The standard InChI is InChI=1S/C76H51N/c1-77(52-17-3-2-4-18-52)53-37-31-47(32-38-53)74-62-41-35-48(50-33-39-60-58-23-9-15-29-70(58)75(72(60)45-50)66-25-11-5-19-54(66)55-20-6-12-26-67(55)75)43-64(62)65-44-49(36-42-63(65)74)51-34-40-61-59-24-10-16-30-71(59)76(73(61)46-51)68-27-13-7-21-56(68)57-22-8-14-28-69(57)76/h2-13,15-27,29-46,74H,14,28H2,1H3. The van der Waals surface area contributed by atoms with Crippen LogP contribution in [0.15, 0.2) is 266 Å². The molecule has 0 N–H and O–H groups in total. The van der Waals surface area contributed by atoms with Crippen LogP contribution in [0.3, 0.4) is 0 Å². The van der Waals surface area contributed by atoms with Crippen molar-refractivity contribution in [1.29, 1.82) is 0 Å². The van der Waals surface area contributed by atoms with E-state index < -0.39 is 5.41 Å². The first kappa shape index (κ1) is 43.0. The maximum absolute atomic E-state index is 2.56. The lowest BCUT2D eigenvalue weighted by Gasteiger charge is -2.33. The molecular formula is C76H51N. The molecule has 17 rings (SSSR count). The summed E-state index contributed by atoms with van der Waals surface area (Å²) in [6.07, 6.45) is 6.90. The van der Waals surface area contributed by atoms with Gasteiger partial charge in [0.2, 0.25) is 0 Å². The molecular weight excluding hydrogens is 927 g/mol. The van der Waals surface area contributed by atoms with Gasteiger partial charge in [-0.15, -0.1) is 0 Å². The van der Waals surface area contributed by atoms with Crippen molar-refractivity contribution in [3.05, 3.63) is 328 Å².